The standard InChI is InChI=1S/C13H14BrN3O4/c1-6-9(2-7(5-15)13(18)19)12-10(16-6)3-8(14)4-11(12)17(20)21/h3-4,7,16H,2,5,15H2,1H3,(H,18,19). The number of carboxylic acids is 1. The number of nitrogens with one attached hydrogen (secondary N) is 1. The van der Waals surface area contributed by atoms with Crippen LogP contribution < -0.4 is 5.73 Å². The summed E-state index contributed by atoms with van der Waals surface area (Å²) in [4.78, 5) is 25.0. The Labute approximate surface area is 128 Å². The van der Waals surface area contributed by atoms with E-state index in [4.69, 9.17) is 10.8 Å². The summed E-state index contributed by atoms with van der Waals surface area (Å²) in [6.07, 6.45) is 0.153. The zero-order valence-corrected chi connectivity index (χ0v) is 12.8. The van der Waals surface area contributed by atoms with Crippen molar-refractivity contribution in [3.63, 3.8) is 0 Å². The molecular formula is C13H14BrN3O4. The third-order valence-electron chi connectivity index (χ3n) is 3.44. The van der Waals surface area contributed by atoms with Crippen LogP contribution in [0.4, 0.5) is 5.69 Å². The topological polar surface area (TPSA) is 122 Å². The van der Waals surface area contributed by atoms with E-state index in [0.29, 0.717) is 26.6 Å². The third kappa shape index (κ3) is 2.91. The number of halogens is 1. The molecule has 0 radical (unpaired) electrons. The van der Waals surface area contributed by atoms with E-state index in [1.165, 1.54) is 6.07 Å². The predicted octanol–water partition coefficient (Wildman–Crippen LogP) is 2.35. The Morgan fingerprint density at radius 3 is 2.76 bits per heavy atom. The number of carbonyl (C=O) groups is 1. The highest BCUT2D eigenvalue weighted by Crippen LogP contribution is 2.35. The van der Waals surface area contributed by atoms with E-state index in [0.717, 1.165) is 0 Å². The molecule has 7 nitrogen and oxygen atoms in total. The summed E-state index contributed by atoms with van der Waals surface area (Å²) in [7, 11) is 0. The smallest absolute Gasteiger partial charge is 0.308 e. The van der Waals surface area contributed by atoms with Gasteiger partial charge in [0.05, 0.1) is 21.7 Å². The lowest BCUT2D eigenvalue weighted by Gasteiger charge is -2.09. The van der Waals surface area contributed by atoms with Crippen molar-refractivity contribution in [1.82, 2.24) is 4.98 Å². The van der Waals surface area contributed by atoms with Crippen LogP contribution in [-0.4, -0.2) is 27.5 Å². The van der Waals surface area contributed by atoms with Crippen LogP contribution in [0, 0.1) is 23.0 Å². The van der Waals surface area contributed by atoms with Crippen LogP contribution in [0.2, 0.25) is 0 Å². The molecule has 21 heavy (non-hydrogen) atoms. The first-order valence-corrected chi connectivity index (χ1v) is 7.02. The number of hydrogen-bond donors (Lipinski definition) is 3. The first-order valence-electron chi connectivity index (χ1n) is 6.23. The number of non-ortho nitro benzene ring substituents is 1. The molecule has 0 aliphatic heterocycles. The second-order valence-electron chi connectivity index (χ2n) is 4.81. The number of benzene rings is 1. The van der Waals surface area contributed by atoms with Gasteiger partial charge in [-0.3, -0.25) is 14.9 Å². The van der Waals surface area contributed by atoms with Gasteiger partial charge in [0.2, 0.25) is 0 Å². The zero-order valence-electron chi connectivity index (χ0n) is 11.2. The van der Waals surface area contributed by atoms with Crippen LogP contribution in [0.25, 0.3) is 10.9 Å². The molecule has 0 fully saturated rings. The summed E-state index contributed by atoms with van der Waals surface area (Å²) in [6, 6.07) is 3.15. The average Bonchev–Trinajstić information content (AvgIpc) is 2.69. The van der Waals surface area contributed by atoms with Gasteiger partial charge in [-0.2, -0.15) is 0 Å². The minimum Gasteiger partial charge on any atom is -0.481 e. The minimum absolute atomic E-state index is 0.0221. The van der Waals surface area contributed by atoms with Crippen molar-refractivity contribution in [3.05, 3.63) is 38.0 Å². The number of aryl methyl sites for hydroxylation is 1. The van der Waals surface area contributed by atoms with Gasteiger partial charge in [-0.05, 0) is 25.0 Å². The van der Waals surface area contributed by atoms with E-state index in [-0.39, 0.29) is 18.7 Å². The molecule has 2 aromatic rings. The molecule has 0 bridgehead atoms. The van der Waals surface area contributed by atoms with Crippen LogP contribution in [0.15, 0.2) is 16.6 Å². The number of aliphatic carboxylic acids is 1. The summed E-state index contributed by atoms with van der Waals surface area (Å²) < 4.78 is 0.586. The van der Waals surface area contributed by atoms with Crippen molar-refractivity contribution < 1.29 is 14.8 Å². The Morgan fingerprint density at radius 1 is 1.57 bits per heavy atom. The predicted molar refractivity (Wildman–Crippen MR) is 81.3 cm³/mol. The molecule has 0 spiro atoms. The van der Waals surface area contributed by atoms with Crippen molar-refractivity contribution >= 4 is 38.5 Å². The Kier molecular flexibility index (Phi) is 4.29. The van der Waals surface area contributed by atoms with Gasteiger partial charge in [-0.1, -0.05) is 15.9 Å². The summed E-state index contributed by atoms with van der Waals surface area (Å²) in [5.74, 6) is -1.78. The Balaban J connectivity index is 2.65. The van der Waals surface area contributed by atoms with Crippen molar-refractivity contribution in [2.75, 3.05) is 6.54 Å². The quantitative estimate of drug-likeness (QED) is 0.561. The van der Waals surface area contributed by atoms with Crippen LogP contribution in [-0.2, 0) is 11.2 Å². The Bertz CT molecular complexity index is 726. The fourth-order valence-electron chi connectivity index (χ4n) is 2.39. The first-order chi connectivity index (χ1) is 9.85. The number of hydrogen-bond acceptors (Lipinski definition) is 4. The first kappa shape index (κ1) is 15.5. The van der Waals surface area contributed by atoms with Crippen LogP contribution >= 0.6 is 15.9 Å². The maximum Gasteiger partial charge on any atom is 0.308 e. The molecule has 1 aromatic heterocycles. The number of nitro groups is 1. The maximum absolute atomic E-state index is 11.2. The zero-order chi connectivity index (χ0) is 15.7. The molecule has 1 atom stereocenters. The van der Waals surface area contributed by atoms with Crippen molar-refractivity contribution in [2.45, 2.75) is 13.3 Å². The molecule has 0 aliphatic carbocycles. The summed E-state index contributed by atoms with van der Waals surface area (Å²) in [5, 5.41) is 20.8. The second kappa shape index (κ2) is 5.82. The molecule has 8 heteroatoms. The van der Waals surface area contributed by atoms with Gasteiger partial charge in [-0.25, -0.2) is 0 Å². The Hall–Kier alpha value is -1.93. The summed E-state index contributed by atoms with van der Waals surface area (Å²) >= 11 is 3.23. The number of fused-ring (bicyclic) bond motifs is 1. The lowest BCUT2D eigenvalue weighted by Crippen LogP contribution is -2.25. The lowest BCUT2D eigenvalue weighted by molar-refractivity contribution is -0.383. The highest BCUT2D eigenvalue weighted by atomic mass is 79.9. The van der Waals surface area contributed by atoms with Gasteiger partial charge in [-0.15, -0.1) is 0 Å². The van der Waals surface area contributed by atoms with Crippen LogP contribution in [0.1, 0.15) is 11.3 Å². The third-order valence-corrected chi connectivity index (χ3v) is 3.90. The number of aromatic nitrogens is 1. The van der Waals surface area contributed by atoms with E-state index < -0.39 is 16.8 Å². The van der Waals surface area contributed by atoms with E-state index in [1.807, 2.05) is 0 Å². The van der Waals surface area contributed by atoms with Gasteiger partial charge in [0.1, 0.15) is 0 Å². The van der Waals surface area contributed by atoms with E-state index >= 15 is 0 Å². The summed E-state index contributed by atoms with van der Waals surface area (Å²) in [6.45, 7) is 1.74. The SMILES string of the molecule is Cc1[nH]c2cc(Br)cc([N+](=O)[O-])c2c1CC(CN)C(=O)O. The number of aromatic amines is 1. The minimum atomic E-state index is -1.01. The van der Waals surface area contributed by atoms with Crippen molar-refractivity contribution in [2.24, 2.45) is 11.7 Å². The number of rotatable bonds is 5. The molecular weight excluding hydrogens is 342 g/mol. The molecule has 2 rings (SSSR count). The van der Waals surface area contributed by atoms with Gasteiger partial charge >= 0.3 is 5.97 Å². The molecule has 1 aromatic carbocycles. The monoisotopic (exact) mass is 355 g/mol. The number of nitro benzene ring substituents is 1. The van der Waals surface area contributed by atoms with Crippen LogP contribution in [0.3, 0.4) is 0 Å². The van der Waals surface area contributed by atoms with E-state index in [2.05, 4.69) is 20.9 Å². The maximum atomic E-state index is 11.2. The molecule has 4 N–H and O–H groups in total. The normalized spacial score (nSPS) is 12.5. The fourth-order valence-corrected chi connectivity index (χ4v) is 2.84. The molecule has 1 unspecified atom stereocenters. The number of carboxylic acid groups (broad SMARTS) is 1. The van der Waals surface area contributed by atoms with E-state index in [9.17, 15) is 14.9 Å². The number of nitrogens with zero attached hydrogens (tertiary/aromatic N) is 1. The van der Waals surface area contributed by atoms with Gasteiger partial charge in [0.15, 0.2) is 0 Å². The lowest BCUT2D eigenvalue weighted by atomic mass is 9.96. The fraction of sp³-hybridized carbons (Fsp3) is 0.308. The largest absolute Gasteiger partial charge is 0.481 e. The second-order valence-corrected chi connectivity index (χ2v) is 5.72. The van der Waals surface area contributed by atoms with Gasteiger partial charge in [0.25, 0.3) is 5.69 Å². The molecule has 112 valence electrons. The molecule has 0 saturated carbocycles. The molecule has 1 heterocycles. The van der Waals surface area contributed by atoms with E-state index in [1.54, 1.807) is 13.0 Å². The molecule has 0 aliphatic rings. The number of nitrogens with two attached hydrogens (primary N) is 1. The van der Waals surface area contributed by atoms with Crippen LogP contribution in [0.5, 0.6) is 0 Å². The molecule has 0 saturated heterocycles. The van der Waals surface area contributed by atoms with Crippen molar-refractivity contribution in [3.8, 4) is 0 Å². The van der Waals surface area contributed by atoms with Gasteiger partial charge < -0.3 is 15.8 Å². The molecule has 0 amide bonds. The summed E-state index contributed by atoms with van der Waals surface area (Å²) in [5.41, 5.74) is 7.36. The van der Waals surface area contributed by atoms with Crippen molar-refractivity contribution in [1.29, 1.82) is 0 Å². The Morgan fingerprint density at radius 2 is 2.24 bits per heavy atom. The average molecular weight is 356 g/mol. The number of H-pyrrole nitrogens is 1. The highest BCUT2D eigenvalue weighted by Gasteiger charge is 2.24. The van der Waals surface area contributed by atoms with Gasteiger partial charge in [0, 0.05) is 22.8 Å². The highest BCUT2D eigenvalue weighted by molar-refractivity contribution is 9.10.